The highest BCUT2D eigenvalue weighted by Crippen LogP contribution is 2.31. The Morgan fingerprint density at radius 3 is 2.74 bits per heavy atom. The summed E-state index contributed by atoms with van der Waals surface area (Å²) in [4.78, 5) is 26.8. The van der Waals surface area contributed by atoms with E-state index in [0.717, 1.165) is 20.5 Å². The third-order valence-corrected chi connectivity index (χ3v) is 8.57. The van der Waals surface area contributed by atoms with Gasteiger partial charge in [0.1, 0.15) is 17.3 Å². The average Bonchev–Trinajstić information content (AvgIpc) is 3.47. The molecular weight excluding hydrogens is 545 g/mol. The summed E-state index contributed by atoms with van der Waals surface area (Å²) in [6.45, 7) is 5.76. The summed E-state index contributed by atoms with van der Waals surface area (Å²) in [6.07, 6.45) is 4.52. The molecule has 0 atom stereocenters. The number of rotatable bonds is 5. The van der Waals surface area contributed by atoms with Gasteiger partial charge in [0.15, 0.2) is 4.96 Å². The number of hydrogen-bond acceptors (Lipinski definition) is 8. The summed E-state index contributed by atoms with van der Waals surface area (Å²) in [5.74, 6) is 0.217. The lowest BCUT2D eigenvalue weighted by Crippen LogP contribution is -2.41. The van der Waals surface area contributed by atoms with Crippen LogP contribution in [0, 0.1) is 5.82 Å². The Bertz CT molecular complexity index is 1580. The number of aromatic nitrogens is 2. The summed E-state index contributed by atoms with van der Waals surface area (Å²) in [5.41, 5.74) is 2.11. The van der Waals surface area contributed by atoms with E-state index in [1.807, 2.05) is 22.1 Å². The van der Waals surface area contributed by atoms with E-state index in [-0.39, 0.29) is 38.5 Å². The molecule has 0 radical (unpaired) electrons. The highest BCUT2D eigenvalue weighted by molar-refractivity contribution is 7.87. The molecule has 0 spiro atoms. The first-order chi connectivity index (χ1) is 18.5. The van der Waals surface area contributed by atoms with Crippen LogP contribution in [0.25, 0.3) is 21.9 Å². The Morgan fingerprint density at radius 1 is 1.23 bits per heavy atom. The molecule has 14 heteroatoms. The minimum Gasteiger partial charge on any atom is -0.443 e. The third-order valence-electron chi connectivity index (χ3n) is 5.91. The second kappa shape index (κ2) is 10.5. The van der Waals surface area contributed by atoms with Crippen molar-refractivity contribution in [1.82, 2.24) is 23.3 Å². The van der Waals surface area contributed by atoms with Gasteiger partial charge in [0.05, 0.1) is 36.7 Å². The van der Waals surface area contributed by atoms with E-state index < -0.39 is 21.9 Å². The van der Waals surface area contributed by atoms with Gasteiger partial charge in [-0.3, -0.25) is 14.4 Å². The molecule has 4 heterocycles. The number of carbonyl (C=O) groups is 1. The van der Waals surface area contributed by atoms with E-state index in [4.69, 9.17) is 9.72 Å². The van der Waals surface area contributed by atoms with Crippen LogP contribution < -0.4 is 5.32 Å². The van der Waals surface area contributed by atoms with Gasteiger partial charge < -0.3 is 10.1 Å². The van der Waals surface area contributed by atoms with Crippen molar-refractivity contribution in [2.75, 3.05) is 32.7 Å². The zero-order valence-corrected chi connectivity index (χ0v) is 23.3. The summed E-state index contributed by atoms with van der Waals surface area (Å²) in [7, 11) is -3.99. The Labute approximate surface area is 229 Å². The number of halogens is 1. The van der Waals surface area contributed by atoms with Crippen molar-refractivity contribution in [3.63, 3.8) is 0 Å². The highest BCUT2D eigenvalue weighted by atomic mass is 32.2. The maximum absolute atomic E-state index is 13.6. The van der Waals surface area contributed by atoms with Gasteiger partial charge in [0, 0.05) is 36.4 Å². The lowest BCUT2D eigenvalue weighted by Gasteiger charge is -2.24. The fourth-order valence-electron chi connectivity index (χ4n) is 4.18. The van der Waals surface area contributed by atoms with Crippen LogP contribution in [0.15, 0.2) is 51.9 Å². The first kappa shape index (κ1) is 27.0. The minimum absolute atomic E-state index is 0.0211. The Hall–Kier alpha value is -3.62. The number of nitrogens with zero attached hydrogens (tertiary/aromatic N) is 6. The highest BCUT2D eigenvalue weighted by Gasteiger charge is 2.41. The van der Waals surface area contributed by atoms with Crippen LogP contribution >= 0.6 is 11.3 Å². The second-order valence-corrected chi connectivity index (χ2v) is 12.6. The van der Waals surface area contributed by atoms with Crippen molar-refractivity contribution in [2.24, 2.45) is 9.98 Å². The van der Waals surface area contributed by atoms with Crippen molar-refractivity contribution in [3.8, 4) is 11.3 Å². The van der Waals surface area contributed by atoms with Gasteiger partial charge in [-0.1, -0.05) is 0 Å². The lowest BCUT2D eigenvalue weighted by atomic mass is 10.1. The number of carbonyl (C=O) groups excluding carboxylic acids is 1. The van der Waals surface area contributed by atoms with E-state index >= 15 is 0 Å². The molecule has 2 aliphatic heterocycles. The normalized spacial score (nSPS) is 18.8. The number of amidine groups is 1. The molecule has 3 aromatic rings. The Balaban J connectivity index is 1.32. The van der Waals surface area contributed by atoms with Gasteiger partial charge in [-0.15, -0.1) is 11.3 Å². The molecular formula is C25H28FN7O4S2. The van der Waals surface area contributed by atoms with Gasteiger partial charge in [-0.05, 0) is 51.1 Å². The van der Waals surface area contributed by atoms with E-state index in [9.17, 15) is 17.6 Å². The van der Waals surface area contributed by atoms with Gasteiger partial charge >= 0.3 is 16.3 Å². The fraction of sp³-hybridized carbons (Fsp3) is 0.360. The number of amides is 1. The van der Waals surface area contributed by atoms with Crippen LogP contribution in [-0.4, -0.2) is 82.9 Å². The fourth-order valence-corrected chi connectivity index (χ4v) is 6.33. The maximum Gasteiger partial charge on any atom is 0.425 e. The topological polar surface area (TPSA) is 121 Å². The standard InChI is InChI=1S/C25H28FN7O4S2/c1-25(2,3)37-24(34)33-13-12-31(39(33,35)36)11-10-28-20-16-27-9-8-19(29-20)22-21(17-4-6-18(26)7-5-17)30-23-32(22)14-15-38-23/h4-9,14-15H,10-13,16H2,1-3H3,(H,28,29). The van der Waals surface area contributed by atoms with Crippen molar-refractivity contribution in [2.45, 2.75) is 26.4 Å². The number of allylic oxidation sites excluding steroid dienone is 1. The van der Waals surface area contributed by atoms with E-state index in [1.54, 1.807) is 39.1 Å². The predicted octanol–water partition coefficient (Wildman–Crippen LogP) is 3.41. The van der Waals surface area contributed by atoms with Gasteiger partial charge in [0.2, 0.25) is 0 Å². The maximum atomic E-state index is 13.6. The molecule has 2 aromatic heterocycles. The van der Waals surface area contributed by atoms with Crippen molar-refractivity contribution < 1.29 is 22.3 Å². The van der Waals surface area contributed by atoms with Gasteiger partial charge in [0.25, 0.3) is 0 Å². The Morgan fingerprint density at radius 2 is 2.00 bits per heavy atom. The summed E-state index contributed by atoms with van der Waals surface area (Å²) < 4.78 is 48.5. The van der Waals surface area contributed by atoms with Crippen molar-refractivity contribution in [1.29, 1.82) is 0 Å². The number of aliphatic imine (C=N–C) groups is 2. The quantitative estimate of drug-likeness (QED) is 0.500. The van der Waals surface area contributed by atoms with Crippen molar-refractivity contribution in [3.05, 3.63) is 53.4 Å². The molecule has 206 valence electrons. The molecule has 0 aliphatic carbocycles. The zero-order chi connectivity index (χ0) is 27.8. The second-order valence-electron chi connectivity index (χ2n) is 9.85. The molecule has 39 heavy (non-hydrogen) atoms. The number of benzene rings is 1. The monoisotopic (exact) mass is 573 g/mol. The van der Waals surface area contributed by atoms with E-state index in [1.165, 1.54) is 27.8 Å². The molecule has 1 saturated heterocycles. The molecule has 11 nitrogen and oxygen atoms in total. The molecule has 0 saturated carbocycles. The van der Waals surface area contributed by atoms with Gasteiger partial charge in [-0.25, -0.2) is 14.2 Å². The average molecular weight is 574 g/mol. The third kappa shape index (κ3) is 5.72. The first-order valence-corrected chi connectivity index (χ1v) is 14.5. The van der Waals surface area contributed by atoms with Crippen LogP contribution in [0.4, 0.5) is 9.18 Å². The number of ether oxygens (including phenoxy) is 1. The lowest BCUT2D eigenvalue weighted by molar-refractivity contribution is 0.0405. The largest absolute Gasteiger partial charge is 0.443 e. The SMILES string of the molecule is CC(C)(C)OC(=O)N1CCN(CCN=C2CN=CC=C(c3c(-c4ccc(F)cc4)nc4sccn34)N2)S1(=O)=O. The summed E-state index contributed by atoms with van der Waals surface area (Å²) >= 11 is 1.48. The first-order valence-electron chi connectivity index (χ1n) is 12.3. The molecule has 5 rings (SSSR count). The zero-order valence-electron chi connectivity index (χ0n) is 21.7. The molecule has 1 amide bonds. The number of imidazole rings is 1. The van der Waals surface area contributed by atoms with E-state index in [2.05, 4.69) is 15.3 Å². The minimum atomic E-state index is -3.99. The number of thiazole rings is 1. The van der Waals surface area contributed by atoms with E-state index in [0.29, 0.717) is 17.2 Å². The Kier molecular flexibility index (Phi) is 7.27. The molecule has 0 unspecified atom stereocenters. The number of nitrogens with one attached hydrogen (secondary N) is 1. The van der Waals surface area contributed by atoms with Crippen LogP contribution in [0.3, 0.4) is 0 Å². The van der Waals surface area contributed by atoms with Crippen LogP contribution in [0.2, 0.25) is 0 Å². The molecule has 1 aromatic carbocycles. The van der Waals surface area contributed by atoms with Gasteiger partial charge in [-0.2, -0.15) is 17.0 Å². The van der Waals surface area contributed by atoms with Crippen LogP contribution in [0.5, 0.6) is 0 Å². The smallest absolute Gasteiger partial charge is 0.425 e. The van der Waals surface area contributed by atoms with Crippen LogP contribution in [-0.2, 0) is 14.9 Å². The number of hydrogen-bond donors (Lipinski definition) is 1. The molecule has 0 bridgehead atoms. The summed E-state index contributed by atoms with van der Waals surface area (Å²) in [5, 5.41) is 5.25. The summed E-state index contributed by atoms with van der Waals surface area (Å²) in [6, 6.07) is 6.16. The molecule has 2 aliphatic rings. The molecule has 1 N–H and O–H groups in total. The van der Waals surface area contributed by atoms with Crippen molar-refractivity contribution >= 4 is 50.3 Å². The predicted molar refractivity (Wildman–Crippen MR) is 149 cm³/mol. The number of fused-ring (bicyclic) bond motifs is 1. The van der Waals surface area contributed by atoms with Crippen LogP contribution in [0.1, 0.15) is 26.5 Å². The molecule has 1 fully saturated rings.